The SMILES string of the molecule is NC(Cc1ccc(O)cc1)C(=O)NC(C(=O)O)C1OC(n2ccc(=O)[nH]c2=O)C(O)C1O. The Bertz CT molecular complexity index is 1100. The lowest BCUT2D eigenvalue weighted by molar-refractivity contribution is -0.149. The molecule has 1 amide bonds. The van der Waals surface area contributed by atoms with Crippen LogP contribution in [0.3, 0.4) is 0 Å². The first kappa shape index (κ1) is 23.1. The summed E-state index contributed by atoms with van der Waals surface area (Å²) >= 11 is 0. The molecular weight excluding hydrogens is 428 g/mol. The largest absolute Gasteiger partial charge is 0.508 e. The Labute approximate surface area is 179 Å². The number of nitrogens with one attached hydrogen (secondary N) is 2. The van der Waals surface area contributed by atoms with Crippen molar-refractivity contribution >= 4 is 11.9 Å². The van der Waals surface area contributed by atoms with E-state index in [4.69, 9.17) is 10.5 Å². The maximum atomic E-state index is 12.5. The van der Waals surface area contributed by atoms with E-state index in [-0.39, 0.29) is 12.2 Å². The Morgan fingerprint density at radius 3 is 2.41 bits per heavy atom. The minimum atomic E-state index is -1.80. The van der Waals surface area contributed by atoms with Crippen molar-refractivity contribution in [3.63, 3.8) is 0 Å². The molecule has 1 aliphatic rings. The number of carboxylic acids is 1. The number of ether oxygens (including phenoxy) is 1. The summed E-state index contributed by atoms with van der Waals surface area (Å²) in [4.78, 5) is 49.4. The standard InChI is InChI=1S/C19H22N4O9/c20-10(7-8-1-3-9(24)4-2-8)16(28)22-12(18(29)30)15-13(26)14(27)17(32-15)23-6-5-11(25)21-19(23)31/h1-6,10,12-15,17,24,26-27H,7,20H2,(H,22,28)(H,29,30)(H,21,25,31). The molecule has 32 heavy (non-hydrogen) atoms. The molecule has 2 aromatic rings. The molecule has 0 aliphatic carbocycles. The van der Waals surface area contributed by atoms with E-state index in [9.17, 15) is 39.6 Å². The van der Waals surface area contributed by atoms with E-state index in [1.54, 1.807) is 12.1 Å². The highest BCUT2D eigenvalue weighted by molar-refractivity contribution is 5.87. The van der Waals surface area contributed by atoms with Crippen molar-refractivity contribution in [3.05, 3.63) is 62.9 Å². The van der Waals surface area contributed by atoms with Crippen LogP contribution in [0.1, 0.15) is 11.8 Å². The zero-order valence-electron chi connectivity index (χ0n) is 16.5. The van der Waals surface area contributed by atoms with Crippen LogP contribution in [-0.4, -0.2) is 72.2 Å². The Morgan fingerprint density at radius 1 is 1.16 bits per heavy atom. The number of benzene rings is 1. The molecule has 1 fully saturated rings. The number of aromatic nitrogens is 2. The van der Waals surface area contributed by atoms with E-state index < -0.39 is 59.7 Å². The van der Waals surface area contributed by atoms with E-state index in [1.165, 1.54) is 12.1 Å². The Balaban J connectivity index is 1.75. The summed E-state index contributed by atoms with van der Waals surface area (Å²) in [7, 11) is 0. The van der Waals surface area contributed by atoms with E-state index in [1.807, 2.05) is 4.98 Å². The number of hydrogen-bond donors (Lipinski definition) is 7. The van der Waals surface area contributed by atoms with Crippen molar-refractivity contribution in [1.82, 2.24) is 14.9 Å². The Hall–Kier alpha value is -3.52. The normalized spacial score (nSPS) is 24.6. The smallest absolute Gasteiger partial charge is 0.330 e. The second-order valence-corrected chi connectivity index (χ2v) is 7.29. The molecule has 172 valence electrons. The molecule has 0 bridgehead atoms. The molecule has 0 spiro atoms. The summed E-state index contributed by atoms with van der Waals surface area (Å²) in [6.45, 7) is 0. The van der Waals surface area contributed by atoms with Gasteiger partial charge in [0.15, 0.2) is 12.3 Å². The molecule has 3 rings (SSSR count). The summed E-state index contributed by atoms with van der Waals surface area (Å²) in [6.07, 6.45) is -5.60. The minimum absolute atomic E-state index is 0.0276. The number of hydrogen-bond acceptors (Lipinski definition) is 9. The summed E-state index contributed by atoms with van der Waals surface area (Å²) in [5, 5.41) is 41.7. The van der Waals surface area contributed by atoms with Crippen molar-refractivity contribution in [2.24, 2.45) is 5.73 Å². The van der Waals surface area contributed by atoms with Crippen LogP contribution >= 0.6 is 0 Å². The number of phenolic OH excluding ortho intramolecular Hbond substituents is 1. The predicted octanol–water partition coefficient (Wildman–Crippen LogP) is -3.00. The van der Waals surface area contributed by atoms with Gasteiger partial charge in [0.2, 0.25) is 5.91 Å². The number of H-pyrrole nitrogens is 1. The summed E-state index contributed by atoms with van der Waals surface area (Å²) < 4.78 is 6.19. The van der Waals surface area contributed by atoms with E-state index in [0.717, 1.165) is 16.8 Å². The number of aliphatic carboxylic acids is 1. The number of carbonyl (C=O) groups is 2. The minimum Gasteiger partial charge on any atom is -0.508 e. The van der Waals surface area contributed by atoms with Gasteiger partial charge in [0.25, 0.3) is 5.56 Å². The fourth-order valence-corrected chi connectivity index (χ4v) is 3.34. The third-order valence-electron chi connectivity index (χ3n) is 5.02. The van der Waals surface area contributed by atoms with Gasteiger partial charge in [-0.25, -0.2) is 9.59 Å². The molecule has 13 heteroatoms. The van der Waals surface area contributed by atoms with Gasteiger partial charge in [-0.2, -0.15) is 0 Å². The lowest BCUT2D eigenvalue weighted by atomic mass is 10.0. The average molecular weight is 450 g/mol. The second kappa shape index (κ2) is 9.32. The molecule has 0 saturated carbocycles. The van der Waals surface area contributed by atoms with Gasteiger partial charge in [0.1, 0.15) is 24.1 Å². The van der Waals surface area contributed by atoms with E-state index in [2.05, 4.69) is 5.32 Å². The van der Waals surface area contributed by atoms with Crippen LogP contribution in [0.4, 0.5) is 0 Å². The summed E-state index contributed by atoms with van der Waals surface area (Å²) in [6, 6.07) is 3.92. The number of carbonyl (C=O) groups excluding carboxylic acids is 1. The molecule has 1 aromatic heterocycles. The zero-order chi connectivity index (χ0) is 23.6. The molecule has 13 nitrogen and oxygen atoms in total. The maximum absolute atomic E-state index is 12.5. The third-order valence-corrected chi connectivity index (χ3v) is 5.02. The summed E-state index contributed by atoms with van der Waals surface area (Å²) in [5.74, 6) is -2.40. The maximum Gasteiger partial charge on any atom is 0.330 e. The van der Waals surface area contributed by atoms with Crippen molar-refractivity contribution in [3.8, 4) is 5.75 Å². The number of nitrogens with zero attached hydrogens (tertiary/aromatic N) is 1. The van der Waals surface area contributed by atoms with Crippen LogP contribution in [-0.2, 0) is 20.7 Å². The Kier molecular flexibility index (Phi) is 6.74. The molecule has 1 aromatic carbocycles. The van der Waals surface area contributed by atoms with Gasteiger partial charge >= 0.3 is 11.7 Å². The van der Waals surface area contributed by atoms with Gasteiger partial charge in [-0.3, -0.25) is 19.1 Å². The molecule has 2 heterocycles. The van der Waals surface area contributed by atoms with Crippen LogP contribution in [0, 0.1) is 0 Å². The lowest BCUT2D eigenvalue weighted by Crippen LogP contribution is -2.56. The van der Waals surface area contributed by atoms with Crippen molar-refractivity contribution in [1.29, 1.82) is 0 Å². The lowest BCUT2D eigenvalue weighted by Gasteiger charge is -2.24. The molecule has 6 atom stereocenters. The quantitative estimate of drug-likeness (QED) is 0.227. The van der Waals surface area contributed by atoms with Crippen LogP contribution < -0.4 is 22.3 Å². The van der Waals surface area contributed by atoms with Crippen molar-refractivity contribution < 1.29 is 34.8 Å². The van der Waals surface area contributed by atoms with E-state index in [0.29, 0.717) is 5.56 Å². The zero-order valence-corrected chi connectivity index (χ0v) is 16.5. The first-order valence-corrected chi connectivity index (χ1v) is 9.48. The van der Waals surface area contributed by atoms with Crippen LogP contribution in [0.5, 0.6) is 5.75 Å². The van der Waals surface area contributed by atoms with Gasteiger partial charge in [-0.05, 0) is 24.1 Å². The number of amides is 1. The number of aromatic amines is 1. The van der Waals surface area contributed by atoms with Gasteiger partial charge in [0, 0.05) is 12.3 Å². The molecular formula is C19H22N4O9. The van der Waals surface area contributed by atoms with Gasteiger partial charge < -0.3 is 36.2 Å². The van der Waals surface area contributed by atoms with Crippen LogP contribution in [0.25, 0.3) is 0 Å². The topological polar surface area (TPSA) is 217 Å². The van der Waals surface area contributed by atoms with Crippen molar-refractivity contribution in [2.45, 2.75) is 43.0 Å². The molecule has 0 radical (unpaired) electrons. The van der Waals surface area contributed by atoms with Crippen LogP contribution in [0.15, 0.2) is 46.1 Å². The predicted molar refractivity (Wildman–Crippen MR) is 107 cm³/mol. The van der Waals surface area contributed by atoms with Gasteiger partial charge in [-0.15, -0.1) is 0 Å². The highest BCUT2D eigenvalue weighted by Gasteiger charge is 2.50. The van der Waals surface area contributed by atoms with Crippen LogP contribution in [0.2, 0.25) is 0 Å². The number of aromatic hydroxyl groups is 1. The molecule has 6 unspecified atom stereocenters. The second-order valence-electron chi connectivity index (χ2n) is 7.29. The fourth-order valence-electron chi connectivity index (χ4n) is 3.34. The summed E-state index contributed by atoms with van der Waals surface area (Å²) in [5.41, 5.74) is 4.82. The monoisotopic (exact) mass is 450 g/mol. The van der Waals surface area contributed by atoms with E-state index >= 15 is 0 Å². The number of aliphatic hydroxyl groups is 2. The van der Waals surface area contributed by atoms with Crippen molar-refractivity contribution in [2.75, 3.05) is 0 Å². The Morgan fingerprint density at radius 2 is 1.81 bits per heavy atom. The number of nitrogens with two attached hydrogens (primary N) is 1. The molecule has 8 N–H and O–H groups in total. The highest BCUT2D eigenvalue weighted by Crippen LogP contribution is 2.30. The first-order chi connectivity index (χ1) is 15.1. The number of rotatable bonds is 7. The number of aliphatic hydroxyl groups excluding tert-OH is 2. The first-order valence-electron chi connectivity index (χ1n) is 9.48. The molecule has 1 saturated heterocycles. The number of phenols is 1. The highest BCUT2D eigenvalue weighted by atomic mass is 16.6. The molecule has 1 aliphatic heterocycles. The fraction of sp³-hybridized carbons (Fsp3) is 0.368. The third kappa shape index (κ3) is 4.86. The van der Waals surface area contributed by atoms with Gasteiger partial charge in [-0.1, -0.05) is 12.1 Å². The average Bonchev–Trinajstić information content (AvgIpc) is 3.02. The number of carboxylic acid groups (broad SMARTS) is 1. The van der Waals surface area contributed by atoms with Gasteiger partial charge in [0.05, 0.1) is 6.04 Å².